The molecular weight excluding hydrogens is 441 g/mol. The third-order valence-corrected chi connectivity index (χ3v) is 6.23. The zero-order chi connectivity index (χ0) is 19.1. The van der Waals surface area contributed by atoms with E-state index >= 15 is 0 Å². The molecule has 0 radical (unpaired) electrons. The summed E-state index contributed by atoms with van der Waals surface area (Å²) in [6, 6.07) is 2.25. The Hall–Kier alpha value is -1.45. The van der Waals surface area contributed by atoms with Crippen LogP contribution in [0.4, 0.5) is 13.8 Å². The van der Waals surface area contributed by atoms with E-state index in [1.54, 1.807) is 11.3 Å². The van der Waals surface area contributed by atoms with E-state index in [-0.39, 0.29) is 42.7 Å². The first kappa shape index (κ1) is 23.8. The van der Waals surface area contributed by atoms with Gasteiger partial charge in [-0.15, -0.1) is 36.2 Å². The lowest BCUT2D eigenvalue weighted by Gasteiger charge is -2.41. The van der Waals surface area contributed by atoms with Crippen molar-refractivity contribution in [2.45, 2.75) is 19.4 Å². The van der Waals surface area contributed by atoms with Gasteiger partial charge in [0.1, 0.15) is 5.00 Å². The summed E-state index contributed by atoms with van der Waals surface area (Å²) in [6.45, 7) is 4.41. The number of aromatic nitrogens is 1. The average molecular weight is 465 g/mol. The molecule has 0 spiro atoms. The van der Waals surface area contributed by atoms with Crippen molar-refractivity contribution < 1.29 is 13.9 Å². The highest BCUT2D eigenvalue weighted by molar-refractivity contribution is 7.16. The highest BCUT2D eigenvalue weighted by Crippen LogP contribution is 2.34. The van der Waals surface area contributed by atoms with Crippen molar-refractivity contribution in [1.29, 1.82) is 0 Å². The number of pyridine rings is 1. The molecule has 1 fully saturated rings. The largest absolute Gasteiger partial charge is 0.396 e. The van der Waals surface area contributed by atoms with Crippen LogP contribution in [-0.2, 0) is 0 Å². The fourth-order valence-electron chi connectivity index (χ4n) is 3.79. The summed E-state index contributed by atoms with van der Waals surface area (Å²) < 4.78 is 28.3. The predicted molar refractivity (Wildman–Crippen MR) is 117 cm³/mol. The van der Waals surface area contributed by atoms with E-state index < -0.39 is 11.6 Å². The van der Waals surface area contributed by atoms with Crippen molar-refractivity contribution in [2.75, 3.05) is 38.6 Å². The van der Waals surface area contributed by atoms with Crippen LogP contribution < -0.4 is 15.9 Å². The number of hydrogen-bond donors (Lipinski definition) is 2. The minimum absolute atomic E-state index is 0. The van der Waals surface area contributed by atoms with E-state index in [0.717, 1.165) is 40.4 Å². The number of nitrogens with zero attached hydrogens (tertiary/aromatic N) is 3. The van der Waals surface area contributed by atoms with Crippen LogP contribution in [0.3, 0.4) is 0 Å². The van der Waals surface area contributed by atoms with Gasteiger partial charge in [-0.3, -0.25) is 9.88 Å². The molecule has 2 aromatic rings. The molecule has 2 N–H and O–H groups in total. The fourth-order valence-corrected chi connectivity index (χ4v) is 4.68. The highest BCUT2D eigenvalue weighted by Gasteiger charge is 2.29. The SMILES string of the molecule is Cc1cc2c(s1)NC=c1c(F)c(F)cnc1=C2N1CCN(C)C(CCO)C1.Cl.Cl. The molecule has 0 amide bonds. The molecule has 29 heavy (non-hydrogen) atoms. The molecule has 4 rings (SSSR count). The minimum Gasteiger partial charge on any atom is -0.396 e. The molecule has 1 unspecified atom stereocenters. The van der Waals surface area contributed by atoms with E-state index in [0.29, 0.717) is 18.3 Å². The number of likely N-dealkylation sites (N-methyl/N-ethyl adjacent to an activating group) is 1. The Labute approximate surface area is 184 Å². The van der Waals surface area contributed by atoms with Gasteiger partial charge in [-0.2, -0.15) is 0 Å². The van der Waals surface area contributed by atoms with Crippen LogP contribution >= 0.6 is 36.2 Å². The Morgan fingerprint density at radius 1 is 1.31 bits per heavy atom. The topological polar surface area (TPSA) is 51.6 Å². The van der Waals surface area contributed by atoms with Crippen LogP contribution in [0, 0.1) is 18.6 Å². The van der Waals surface area contributed by atoms with Gasteiger partial charge in [0, 0.05) is 48.9 Å². The standard InChI is InChI=1S/C19H22F2N4OS.2ClH/c1-11-7-13-18(25-5-4-24(2)12(10-25)3-6-26)17-14(8-23-19(13)27-11)16(21)15(20)9-22-17;;/h7-9,12,23,26H,3-6,10H2,1-2H3;2*1H. The summed E-state index contributed by atoms with van der Waals surface area (Å²) in [7, 11) is 2.05. The minimum atomic E-state index is -0.955. The Balaban J connectivity index is 0.00000150. The first-order chi connectivity index (χ1) is 13.0. The molecule has 0 aromatic carbocycles. The van der Waals surface area contributed by atoms with Crippen molar-refractivity contribution in [3.05, 3.63) is 44.9 Å². The smallest absolute Gasteiger partial charge is 0.177 e. The zero-order valence-electron chi connectivity index (χ0n) is 16.1. The fraction of sp³-hybridized carbons (Fsp3) is 0.421. The van der Waals surface area contributed by atoms with E-state index in [9.17, 15) is 13.9 Å². The number of halogens is 4. The average Bonchev–Trinajstić information content (AvgIpc) is 2.93. The highest BCUT2D eigenvalue weighted by atomic mass is 35.5. The maximum atomic E-state index is 14.5. The summed E-state index contributed by atoms with van der Waals surface area (Å²) in [5, 5.41) is 14.0. The molecule has 1 atom stereocenters. The molecule has 4 heterocycles. The number of hydrogen-bond acceptors (Lipinski definition) is 6. The Morgan fingerprint density at radius 3 is 2.79 bits per heavy atom. The molecule has 160 valence electrons. The zero-order valence-corrected chi connectivity index (χ0v) is 18.6. The van der Waals surface area contributed by atoms with Gasteiger partial charge in [-0.25, -0.2) is 8.78 Å². The van der Waals surface area contributed by atoms with Crippen LogP contribution in [0.15, 0.2) is 12.3 Å². The molecule has 2 aliphatic rings. The lowest BCUT2D eigenvalue weighted by Crippen LogP contribution is -2.52. The van der Waals surface area contributed by atoms with Crippen LogP contribution in [0.1, 0.15) is 16.9 Å². The molecule has 5 nitrogen and oxygen atoms in total. The van der Waals surface area contributed by atoms with Crippen LogP contribution in [0.2, 0.25) is 0 Å². The number of aliphatic hydroxyl groups excluding tert-OH is 1. The first-order valence-electron chi connectivity index (χ1n) is 8.97. The number of aliphatic hydroxyl groups is 1. The van der Waals surface area contributed by atoms with Gasteiger partial charge >= 0.3 is 0 Å². The number of thiophene rings is 1. The van der Waals surface area contributed by atoms with Gasteiger partial charge in [0.2, 0.25) is 0 Å². The number of aryl methyl sites for hydroxylation is 1. The Bertz CT molecular complexity index is 1000. The summed E-state index contributed by atoms with van der Waals surface area (Å²) in [5.41, 5.74) is 1.78. The van der Waals surface area contributed by atoms with Crippen LogP contribution in [0.25, 0.3) is 11.9 Å². The third kappa shape index (κ3) is 4.36. The van der Waals surface area contributed by atoms with Gasteiger partial charge in [-0.05, 0) is 26.5 Å². The number of piperazine rings is 1. The first-order valence-corrected chi connectivity index (χ1v) is 9.79. The lowest BCUT2D eigenvalue weighted by molar-refractivity contribution is 0.110. The quantitative estimate of drug-likeness (QED) is 0.726. The third-order valence-electron chi connectivity index (χ3n) is 5.25. The van der Waals surface area contributed by atoms with Crippen molar-refractivity contribution in [2.24, 2.45) is 0 Å². The van der Waals surface area contributed by atoms with E-state index in [1.165, 1.54) is 6.20 Å². The molecule has 0 aliphatic carbocycles. The molecule has 1 saturated heterocycles. The van der Waals surface area contributed by atoms with E-state index in [2.05, 4.69) is 26.2 Å². The molecule has 10 heteroatoms. The summed E-state index contributed by atoms with van der Waals surface area (Å²) in [6.07, 6.45) is 3.12. The molecule has 0 saturated carbocycles. The predicted octanol–water partition coefficient (Wildman–Crippen LogP) is 1.89. The summed E-state index contributed by atoms with van der Waals surface area (Å²) in [4.78, 5) is 9.82. The maximum absolute atomic E-state index is 14.5. The number of fused-ring (bicyclic) bond motifs is 2. The Morgan fingerprint density at radius 2 is 2.07 bits per heavy atom. The molecule has 2 aromatic heterocycles. The van der Waals surface area contributed by atoms with Gasteiger partial charge in [-0.1, -0.05) is 0 Å². The Kier molecular flexibility index (Phi) is 7.86. The van der Waals surface area contributed by atoms with Gasteiger partial charge in [0.05, 0.1) is 22.5 Å². The second-order valence-corrected chi connectivity index (χ2v) is 8.27. The van der Waals surface area contributed by atoms with Crippen LogP contribution in [-0.4, -0.2) is 59.2 Å². The van der Waals surface area contributed by atoms with Gasteiger partial charge < -0.3 is 15.3 Å². The second kappa shape index (κ2) is 9.57. The van der Waals surface area contributed by atoms with Crippen molar-refractivity contribution in [1.82, 2.24) is 14.8 Å². The van der Waals surface area contributed by atoms with E-state index in [1.807, 2.05) is 14.0 Å². The van der Waals surface area contributed by atoms with Crippen molar-refractivity contribution >= 4 is 53.0 Å². The van der Waals surface area contributed by atoms with Crippen molar-refractivity contribution in [3.63, 3.8) is 0 Å². The number of rotatable bonds is 3. The monoisotopic (exact) mass is 464 g/mol. The molecule has 2 aliphatic heterocycles. The molecular formula is C19H24Cl2F2N4OS. The summed E-state index contributed by atoms with van der Waals surface area (Å²) in [5.74, 6) is -1.85. The number of nitrogens with one attached hydrogen (secondary N) is 1. The van der Waals surface area contributed by atoms with Gasteiger partial charge in [0.15, 0.2) is 11.6 Å². The van der Waals surface area contributed by atoms with Crippen LogP contribution in [0.5, 0.6) is 0 Å². The lowest BCUT2D eigenvalue weighted by atomic mass is 10.1. The van der Waals surface area contributed by atoms with Gasteiger partial charge in [0.25, 0.3) is 0 Å². The van der Waals surface area contributed by atoms with Crippen molar-refractivity contribution in [3.8, 4) is 0 Å². The number of anilines is 1. The molecule has 0 bridgehead atoms. The maximum Gasteiger partial charge on any atom is 0.177 e. The normalized spacial score (nSPS) is 18.4. The summed E-state index contributed by atoms with van der Waals surface area (Å²) >= 11 is 1.58. The second-order valence-electron chi connectivity index (χ2n) is 7.01. The van der Waals surface area contributed by atoms with E-state index in [4.69, 9.17) is 0 Å².